The molecule has 1 aliphatic heterocycles. The first-order valence-corrected chi connectivity index (χ1v) is 5.05. The number of hydrogen-bond acceptors (Lipinski definition) is 4. The van der Waals surface area contributed by atoms with Gasteiger partial charge in [0.15, 0.2) is 5.89 Å². The first kappa shape index (κ1) is 9.68. The van der Waals surface area contributed by atoms with Crippen molar-refractivity contribution in [1.82, 2.24) is 9.88 Å². The van der Waals surface area contributed by atoms with Gasteiger partial charge < -0.3 is 10.2 Å². The van der Waals surface area contributed by atoms with Gasteiger partial charge in [-0.25, -0.2) is 4.98 Å². The number of nitrogens with zero attached hydrogens (tertiary/aromatic N) is 2. The van der Waals surface area contributed by atoms with Gasteiger partial charge in [0.25, 0.3) is 0 Å². The zero-order valence-electron chi connectivity index (χ0n) is 8.73. The van der Waals surface area contributed by atoms with Gasteiger partial charge >= 0.3 is 0 Å². The number of hydrogen-bond donors (Lipinski definition) is 1. The van der Waals surface area contributed by atoms with Gasteiger partial charge in [0, 0.05) is 19.5 Å². The molecule has 2 unspecified atom stereocenters. The summed E-state index contributed by atoms with van der Waals surface area (Å²) in [5.74, 6) is 1.71. The summed E-state index contributed by atoms with van der Waals surface area (Å²) in [6.07, 6.45) is 3.95. The van der Waals surface area contributed by atoms with E-state index in [2.05, 4.69) is 16.9 Å². The van der Waals surface area contributed by atoms with Crippen LogP contribution in [-0.2, 0) is 0 Å². The van der Waals surface area contributed by atoms with Crippen molar-refractivity contribution in [2.45, 2.75) is 31.8 Å². The van der Waals surface area contributed by atoms with Crippen LogP contribution in [0.4, 0.5) is 0 Å². The van der Waals surface area contributed by atoms with Gasteiger partial charge in [0.1, 0.15) is 5.76 Å². The summed E-state index contributed by atoms with van der Waals surface area (Å²) >= 11 is 0. The maximum absolute atomic E-state index is 5.88. The van der Waals surface area contributed by atoms with Crippen LogP contribution >= 0.6 is 0 Å². The van der Waals surface area contributed by atoms with Crippen molar-refractivity contribution in [2.75, 3.05) is 13.6 Å². The number of piperidine rings is 1. The van der Waals surface area contributed by atoms with Crippen LogP contribution in [0.25, 0.3) is 0 Å². The predicted molar refractivity (Wildman–Crippen MR) is 53.8 cm³/mol. The lowest BCUT2D eigenvalue weighted by Gasteiger charge is -2.34. The smallest absolute Gasteiger partial charge is 0.191 e. The molecule has 0 amide bonds. The zero-order valence-corrected chi connectivity index (χ0v) is 8.73. The topological polar surface area (TPSA) is 55.3 Å². The van der Waals surface area contributed by atoms with E-state index in [9.17, 15) is 0 Å². The van der Waals surface area contributed by atoms with Gasteiger partial charge in [0.05, 0.1) is 12.2 Å². The van der Waals surface area contributed by atoms with Gasteiger partial charge in [-0.05, 0) is 19.9 Å². The number of likely N-dealkylation sites (N-methyl/N-ethyl adjacent to an activating group) is 1. The molecule has 0 aromatic carbocycles. The molecule has 1 saturated heterocycles. The SMILES string of the molecule is Cc1ncc(C2CCC(N)CN2C)o1. The minimum absolute atomic E-state index is 0.306. The van der Waals surface area contributed by atoms with E-state index in [0.717, 1.165) is 31.0 Å². The highest BCUT2D eigenvalue weighted by Gasteiger charge is 2.27. The van der Waals surface area contributed by atoms with Crippen molar-refractivity contribution in [3.05, 3.63) is 17.8 Å². The van der Waals surface area contributed by atoms with Crippen molar-refractivity contribution in [2.24, 2.45) is 5.73 Å². The van der Waals surface area contributed by atoms with Crippen LogP contribution < -0.4 is 5.73 Å². The Labute approximate surface area is 84.1 Å². The van der Waals surface area contributed by atoms with Gasteiger partial charge in [-0.2, -0.15) is 0 Å². The van der Waals surface area contributed by atoms with E-state index in [4.69, 9.17) is 10.2 Å². The molecule has 2 rings (SSSR count). The third-order valence-corrected chi connectivity index (χ3v) is 2.83. The van der Waals surface area contributed by atoms with Gasteiger partial charge in [-0.1, -0.05) is 0 Å². The molecule has 1 aliphatic rings. The van der Waals surface area contributed by atoms with Crippen molar-refractivity contribution in [3.8, 4) is 0 Å². The molecule has 2 atom stereocenters. The van der Waals surface area contributed by atoms with E-state index in [0.29, 0.717) is 12.1 Å². The fourth-order valence-corrected chi connectivity index (χ4v) is 2.07. The summed E-state index contributed by atoms with van der Waals surface area (Å²) in [4.78, 5) is 6.36. The molecule has 14 heavy (non-hydrogen) atoms. The lowest BCUT2D eigenvalue weighted by Crippen LogP contribution is -2.42. The van der Waals surface area contributed by atoms with E-state index >= 15 is 0 Å². The molecule has 0 bridgehead atoms. The van der Waals surface area contributed by atoms with Crippen LogP contribution in [0, 0.1) is 6.92 Å². The Kier molecular flexibility index (Phi) is 2.56. The minimum Gasteiger partial charge on any atom is -0.444 e. The highest BCUT2D eigenvalue weighted by atomic mass is 16.4. The van der Waals surface area contributed by atoms with Crippen molar-refractivity contribution >= 4 is 0 Å². The Hall–Kier alpha value is -0.870. The molecule has 0 saturated carbocycles. The first-order valence-electron chi connectivity index (χ1n) is 5.05. The molecule has 0 aliphatic carbocycles. The highest BCUT2D eigenvalue weighted by Crippen LogP contribution is 2.29. The zero-order chi connectivity index (χ0) is 10.1. The van der Waals surface area contributed by atoms with Crippen molar-refractivity contribution < 1.29 is 4.42 Å². The second-order valence-electron chi connectivity index (χ2n) is 4.07. The monoisotopic (exact) mass is 195 g/mol. The van der Waals surface area contributed by atoms with E-state index in [-0.39, 0.29) is 0 Å². The average Bonchev–Trinajstić information content (AvgIpc) is 2.51. The second-order valence-corrected chi connectivity index (χ2v) is 4.07. The minimum atomic E-state index is 0.306. The Morgan fingerprint density at radius 1 is 1.57 bits per heavy atom. The Balaban J connectivity index is 2.11. The van der Waals surface area contributed by atoms with Gasteiger partial charge in [-0.15, -0.1) is 0 Å². The highest BCUT2D eigenvalue weighted by molar-refractivity contribution is 5.02. The quantitative estimate of drug-likeness (QED) is 0.728. The predicted octanol–water partition coefficient (Wildman–Crippen LogP) is 1.08. The van der Waals surface area contributed by atoms with Crippen molar-refractivity contribution in [3.63, 3.8) is 0 Å². The summed E-state index contributed by atoms with van der Waals surface area (Å²) < 4.78 is 5.54. The number of aryl methyl sites for hydroxylation is 1. The van der Waals surface area contributed by atoms with Crippen molar-refractivity contribution in [1.29, 1.82) is 0 Å². The van der Waals surface area contributed by atoms with Crippen LogP contribution in [-0.4, -0.2) is 29.5 Å². The molecular weight excluding hydrogens is 178 g/mol. The Morgan fingerprint density at radius 3 is 2.93 bits per heavy atom. The molecular formula is C10H17N3O. The molecule has 4 heteroatoms. The molecule has 0 radical (unpaired) electrons. The largest absolute Gasteiger partial charge is 0.444 e. The van der Waals surface area contributed by atoms with Crippen LogP contribution in [0.1, 0.15) is 30.5 Å². The normalized spacial score (nSPS) is 29.4. The standard InChI is InChI=1S/C10H17N3O/c1-7-12-5-10(14-7)9-4-3-8(11)6-13(9)2/h5,8-9H,3-4,6,11H2,1-2H3. The molecule has 78 valence electrons. The molecule has 1 aromatic heterocycles. The summed E-state index contributed by atoms with van der Waals surface area (Å²) in [6.45, 7) is 2.81. The summed E-state index contributed by atoms with van der Waals surface area (Å²) in [5, 5.41) is 0. The van der Waals surface area contributed by atoms with Gasteiger partial charge in [-0.3, -0.25) is 4.90 Å². The molecule has 2 N–H and O–H groups in total. The van der Waals surface area contributed by atoms with Crippen LogP contribution in [0.5, 0.6) is 0 Å². The summed E-state index contributed by atoms with van der Waals surface area (Å²) in [7, 11) is 2.08. The number of likely N-dealkylation sites (tertiary alicyclic amines) is 1. The molecule has 4 nitrogen and oxygen atoms in total. The van der Waals surface area contributed by atoms with Crippen LogP contribution in [0.2, 0.25) is 0 Å². The maximum Gasteiger partial charge on any atom is 0.191 e. The lowest BCUT2D eigenvalue weighted by atomic mass is 9.98. The third-order valence-electron chi connectivity index (χ3n) is 2.83. The summed E-state index contributed by atoms with van der Waals surface area (Å²) in [5.41, 5.74) is 5.88. The maximum atomic E-state index is 5.88. The fraction of sp³-hybridized carbons (Fsp3) is 0.700. The van der Waals surface area contributed by atoms with E-state index < -0.39 is 0 Å². The Morgan fingerprint density at radius 2 is 2.36 bits per heavy atom. The first-order chi connectivity index (χ1) is 6.66. The third kappa shape index (κ3) is 1.81. The van der Waals surface area contributed by atoms with E-state index in [1.54, 1.807) is 0 Å². The summed E-state index contributed by atoms with van der Waals surface area (Å²) in [6, 6.07) is 0.663. The number of oxazole rings is 1. The molecule has 1 fully saturated rings. The van der Waals surface area contributed by atoms with E-state index in [1.807, 2.05) is 13.1 Å². The number of nitrogens with two attached hydrogens (primary N) is 1. The second kappa shape index (κ2) is 3.71. The number of aromatic nitrogens is 1. The van der Waals surface area contributed by atoms with Gasteiger partial charge in [0.2, 0.25) is 0 Å². The van der Waals surface area contributed by atoms with Crippen LogP contribution in [0.15, 0.2) is 10.6 Å². The number of rotatable bonds is 1. The molecule has 0 spiro atoms. The Bertz CT molecular complexity index is 310. The fourth-order valence-electron chi connectivity index (χ4n) is 2.07. The average molecular weight is 195 g/mol. The molecule has 2 heterocycles. The van der Waals surface area contributed by atoms with Crippen LogP contribution in [0.3, 0.4) is 0 Å². The molecule has 1 aromatic rings. The lowest BCUT2D eigenvalue weighted by molar-refractivity contribution is 0.148. The van der Waals surface area contributed by atoms with E-state index in [1.165, 1.54) is 0 Å².